The van der Waals surface area contributed by atoms with Gasteiger partial charge >= 0.3 is 0 Å². The first kappa shape index (κ1) is 20.0. The summed E-state index contributed by atoms with van der Waals surface area (Å²) in [6.07, 6.45) is 2.93. The van der Waals surface area contributed by atoms with Crippen LogP contribution in [0.15, 0.2) is 35.5 Å². The molecule has 1 unspecified atom stereocenters. The smallest absolute Gasteiger partial charge is 0.191 e. The topological polar surface area (TPSA) is 67.8 Å². The molecule has 0 saturated carbocycles. The molecule has 1 aromatic heterocycles. The van der Waals surface area contributed by atoms with E-state index in [0.717, 1.165) is 35.4 Å². The van der Waals surface area contributed by atoms with Crippen molar-refractivity contribution < 1.29 is 9.47 Å². The molecule has 142 valence electrons. The second-order valence-electron chi connectivity index (χ2n) is 5.76. The molecule has 0 amide bonds. The van der Waals surface area contributed by atoms with Gasteiger partial charge < -0.3 is 20.1 Å². The molecule has 0 bridgehead atoms. The summed E-state index contributed by atoms with van der Waals surface area (Å²) in [6, 6.07) is 7.61. The van der Waals surface area contributed by atoms with Crippen LogP contribution in [0, 0.1) is 0 Å². The molecule has 0 spiro atoms. The van der Waals surface area contributed by atoms with E-state index < -0.39 is 0 Å². The average molecular weight is 377 g/mol. The molecule has 6 nitrogen and oxygen atoms in total. The summed E-state index contributed by atoms with van der Waals surface area (Å²) >= 11 is 1.71. The van der Waals surface area contributed by atoms with Gasteiger partial charge in [0.1, 0.15) is 22.6 Å². The van der Waals surface area contributed by atoms with E-state index >= 15 is 0 Å². The molecule has 2 aromatic rings. The number of aliphatic imine (C=N–C) groups is 1. The van der Waals surface area contributed by atoms with Crippen LogP contribution in [0.5, 0.6) is 11.5 Å². The fourth-order valence-corrected chi connectivity index (χ4v) is 3.05. The van der Waals surface area contributed by atoms with Gasteiger partial charge in [-0.2, -0.15) is 0 Å². The molecule has 2 N–H and O–H groups in total. The van der Waals surface area contributed by atoms with Gasteiger partial charge in [-0.3, -0.25) is 0 Å². The lowest BCUT2D eigenvalue weighted by molar-refractivity contribution is 0.223. The second kappa shape index (κ2) is 10.7. The number of aromatic nitrogens is 1. The minimum absolute atomic E-state index is 0.0162. The van der Waals surface area contributed by atoms with Crippen molar-refractivity contribution in [2.75, 3.05) is 20.2 Å². The predicted molar refractivity (Wildman–Crippen MR) is 107 cm³/mol. The summed E-state index contributed by atoms with van der Waals surface area (Å²) in [4.78, 5) is 10.3. The highest BCUT2D eigenvalue weighted by Crippen LogP contribution is 2.19. The van der Waals surface area contributed by atoms with Crippen LogP contribution in [-0.4, -0.2) is 37.2 Å². The first-order valence-electron chi connectivity index (χ1n) is 8.91. The maximum absolute atomic E-state index is 5.93. The van der Waals surface area contributed by atoms with Crippen LogP contribution in [0.2, 0.25) is 0 Å². The standard InChI is InChI=1S/C19H28N4O2S/c1-5-17-12-21-18(26-17)13-23-19(20-6-2)22-11-14(3)25-16-9-7-8-15(10-16)24-4/h7-10,12,14H,5-6,11,13H2,1-4H3,(H2,20,22,23). The number of methoxy groups -OCH3 is 1. The molecule has 0 radical (unpaired) electrons. The third-order valence-electron chi connectivity index (χ3n) is 3.60. The molecule has 26 heavy (non-hydrogen) atoms. The number of aryl methyl sites for hydroxylation is 1. The minimum Gasteiger partial charge on any atom is -0.497 e. The summed E-state index contributed by atoms with van der Waals surface area (Å²) in [7, 11) is 1.65. The van der Waals surface area contributed by atoms with Gasteiger partial charge in [0.05, 0.1) is 20.2 Å². The molecule has 1 heterocycles. The Balaban J connectivity index is 1.86. The van der Waals surface area contributed by atoms with E-state index in [9.17, 15) is 0 Å². The zero-order chi connectivity index (χ0) is 18.8. The van der Waals surface area contributed by atoms with Gasteiger partial charge in [-0.15, -0.1) is 11.3 Å². The second-order valence-corrected chi connectivity index (χ2v) is 6.96. The maximum atomic E-state index is 5.93. The Bertz CT molecular complexity index is 702. The van der Waals surface area contributed by atoms with E-state index in [-0.39, 0.29) is 6.10 Å². The Labute approximate surface area is 159 Å². The first-order valence-corrected chi connectivity index (χ1v) is 9.72. The summed E-state index contributed by atoms with van der Waals surface area (Å²) < 4.78 is 11.2. The molecular formula is C19H28N4O2S. The summed E-state index contributed by atoms with van der Waals surface area (Å²) in [5, 5.41) is 7.60. The third kappa shape index (κ3) is 6.55. The number of rotatable bonds is 9. The van der Waals surface area contributed by atoms with Crippen LogP contribution in [0.4, 0.5) is 0 Å². The number of nitrogens with one attached hydrogen (secondary N) is 2. The largest absolute Gasteiger partial charge is 0.497 e. The van der Waals surface area contributed by atoms with Crippen LogP contribution in [0.3, 0.4) is 0 Å². The third-order valence-corrected chi connectivity index (χ3v) is 4.73. The van der Waals surface area contributed by atoms with Crippen LogP contribution in [0.25, 0.3) is 0 Å². The van der Waals surface area contributed by atoms with E-state index in [1.165, 1.54) is 4.88 Å². The van der Waals surface area contributed by atoms with Crippen LogP contribution in [0.1, 0.15) is 30.7 Å². The fourth-order valence-electron chi connectivity index (χ4n) is 2.26. The Hall–Kier alpha value is -2.28. The lowest BCUT2D eigenvalue weighted by atomic mass is 10.3. The van der Waals surface area contributed by atoms with Crippen molar-refractivity contribution in [1.29, 1.82) is 0 Å². The van der Waals surface area contributed by atoms with Gasteiger partial charge in [-0.05, 0) is 32.4 Å². The van der Waals surface area contributed by atoms with Gasteiger partial charge in [0.15, 0.2) is 5.96 Å². The minimum atomic E-state index is -0.0162. The summed E-state index contributed by atoms with van der Waals surface area (Å²) in [6.45, 7) is 8.22. The number of thiazole rings is 1. The number of hydrogen-bond acceptors (Lipinski definition) is 5. The van der Waals surface area contributed by atoms with Crippen molar-refractivity contribution in [3.8, 4) is 11.5 Å². The van der Waals surface area contributed by atoms with Gasteiger partial charge in [0.2, 0.25) is 0 Å². The molecule has 2 rings (SSSR count). The molecule has 0 aliphatic heterocycles. The molecule has 7 heteroatoms. The summed E-state index contributed by atoms with van der Waals surface area (Å²) in [5.41, 5.74) is 0. The first-order chi connectivity index (χ1) is 12.6. The predicted octanol–water partition coefficient (Wildman–Crippen LogP) is 3.24. The maximum Gasteiger partial charge on any atom is 0.191 e. The number of benzene rings is 1. The molecule has 0 aliphatic rings. The lowest BCUT2D eigenvalue weighted by Crippen LogP contribution is -2.41. The van der Waals surface area contributed by atoms with Crippen LogP contribution >= 0.6 is 11.3 Å². The zero-order valence-electron chi connectivity index (χ0n) is 15.9. The van der Waals surface area contributed by atoms with Gasteiger partial charge in [-0.25, -0.2) is 9.98 Å². The van der Waals surface area contributed by atoms with Crippen molar-refractivity contribution >= 4 is 17.3 Å². The van der Waals surface area contributed by atoms with Crippen LogP contribution in [-0.2, 0) is 13.0 Å². The number of hydrogen-bond donors (Lipinski definition) is 2. The number of ether oxygens (including phenoxy) is 2. The molecular weight excluding hydrogens is 348 g/mol. The Morgan fingerprint density at radius 2 is 2.08 bits per heavy atom. The van der Waals surface area contributed by atoms with Crippen molar-refractivity contribution in [3.05, 3.63) is 40.3 Å². The average Bonchev–Trinajstić information content (AvgIpc) is 3.12. The quantitative estimate of drug-likeness (QED) is 0.519. The molecule has 1 atom stereocenters. The van der Waals surface area contributed by atoms with E-state index in [4.69, 9.17) is 9.47 Å². The fraction of sp³-hybridized carbons (Fsp3) is 0.474. The SMILES string of the molecule is CCNC(=NCc1ncc(CC)s1)NCC(C)Oc1cccc(OC)c1. The van der Waals surface area contributed by atoms with Crippen molar-refractivity contribution in [2.45, 2.75) is 39.8 Å². The van der Waals surface area contributed by atoms with Crippen molar-refractivity contribution in [2.24, 2.45) is 4.99 Å². The van der Waals surface area contributed by atoms with Crippen molar-refractivity contribution in [3.63, 3.8) is 0 Å². The highest BCUT2D eigenvalue weighted by molar-refractivity contribution is 7.11. The van der Waals surface area contributed by atoms with Crippen molar-refractivity contribution in [1.82, 2.24) is 15.6 Å². The zero-order valence-corrected chi connectivity index (χ0v) is 16.7. The van der Waals surface area contributed by atoms with E-state index in [1.54, 1.807) is 18.4 Å². The highest BCUT2D eigenvalue weighted by atomic mass is 32.1. The summed E-state index contributed by atoms with van der Waals surface area (Å²) in [5.74, 6) is 2.34. The van der Waals surface area contributed by atoms with Crippen LogP contribution < -0.4 is 20.1 Å². The van der Waals surface area contributed by atoms with E-state index in [2.05, 4.69) is 27.5 Å². The van der Waals surface area contributed by atoms with Gasteiger partial charge in [0, 0.05) is 23.7 Å². The normalized spacial score (nSPS) is 12.5. The lowest BCUT2D eigenvalue weighted by Gasteiger charge is -2.18. The monoisotopic (exact) mass is 376 g/mol. The van der Waals surface area contributed by atoms with Gasteiger partial charge in [0.25, 0.3) is 0 Å². The molecule has 0 fully saturated rings. The molecule has 0 saturated heterocycles. The Morgan fingerprint density at radius 1 is 1.27 bits per heavy atom. The van der Waals surface area contributed by atoms with E-state index in [1.807, 2.05) is 44.3 Å². The van der Waals surface area contributed by atoms with E-state index in [0.29, 0.717) is 13.1 Å². The number of nitrogens with zero attached hydrogens (tertiary/aromatic N) is 2. The Kier molecular flexibility index (Phi) is 8.21. The van der Waals surface area contributed by atoms with Gasteiger partial charge in [-0.1, -0.05) is 13.0 Å². The highest BCUT2D eigenvalue weighted by Gasteiger charge is 2.07. The Morgan fingerprint density at radius 3 is 2.77 bits per heavy atom. The molecule has 0 aliphatic carbocycles. The molecule has 1 aromatic carbocycles. The number of guanidine groups is 1.